The summed E-state index contributed by atoms with van der Waals surface area (Å²) in [5.74, 6) is -1.10. The molecule has 1 aliphatic heterocycles. The molecule has 3 aliphatic rings. The van der Waals surface area contributed by atoms with Crippen LogP contribution in [0.5, 0.6) is 5.75 Å². The highest BCUT2D eigenvalue weighted by molar-refractivity contribution is 6.07. The Morgan fingerprint density at radius 3 is 2.28 bits per heavy atom. The Hall–Kier alpha value is -2.90. The monoisotopic (exact) mass is 400 g/mol. The van der Waals surface area contributed by atoms with Crippen LogP contribution in [0.4, 0.5) is 5.69 Å². The maximum atomic E-state index is 12.6. The minimum atomic E-state index is -0.763. The van der Waals surface area contributed by atoms with E-state index in [4.69, 9.17) is 9.47 Å². The van der Waals surface area contributed by atoms with Crippen molar-refractivity contribution in [3.63, 3.8) is 0 Å². The van der Waals surface area contributed by atoms with E-state index in [1.54, 1.807) is 24.3 Å². The maximum Gasteiger partial charge on any atom is 0.326 e. The molecule has 3 amide bonds. The Kier molecular flexibility index (Phi) is 5.25. The maximum absolute atomic E-state index is 12.6. The molecule has 3 fully saturated rings. The van der Waals surface area contributed by atoms with E-state index in [0.717, 1.165) is 24.2 Å². The quantitative estimate of drug-likeness (QED) is 0.551. The molecule has 8 heteroatoms. The Bertz CT molecular complexity index is 808. The summed E-state index contributed by atoms with van der Waals surface area (Å²) in [7, 11) is 0. The summed E-state index contributed by atoms with van der Waals surface area (Å²) >= 11 is 0. The number of imide groups is 1. The minimum Gasteiger partial charge on any atom is -0.494 e. The first-order valence-electron chi connectivity index (χ1n) is 10.0. The van der Waals surface area contributed by atoms with E-state index in [0.29, 0.717) is 18.0 Å². The highest BCUT2D eigenvalue weighted by atomic mass is 16.5. The van der Waals surface area contributed by atoms with Gasteiger partial charge in [-0.3, -0.25) is 24.1 Å². The third kappa shape index (κ3) is 3.71. The van der Waals surface area contributed by atoms with Crippen LogP contribution in [-0.4, -0.2) is 48.3 Å². The SMILES string of the molecule is CCOc1ccc(NC(=O)COC(=O)CN2C(=O)[C@H]3[C@H]4CC[C@@H](C4)[C@@H]3C2=O)cc1. The predicted molar refractivity (Wildman–Crippen MR) is 102 cm³/mol. The summed E-state index contributed by atoms with van der Waals surface area (Å²) in [5.41, 5.74) is 0.544. The van der Waals surface area contributed by atoms with Crippen molar-refractivity contribution in [2.45, 2.75) is 26.2 Å². The van der Waals surface area contributed by atoms with Gasteiger partial charge in [0.15, 0.2) is 6.61 Å². The van der Waals surface area contributed by atoms with Crippen LogP contribution in [0.1, 0.15) is 26.2 Å². The second kappa shape index (κ2) is 7.85. The smallest absolute Gasteiger partial charge is 0.326 e. The zero-order chi connectivity index (χ0) is 20.5. The second-order valence-electron chi connectivity index (χ2n) is 7.81. The van der Waals surface area contributed by atoms with Crippen LogP contribution >= 0.6 is 0 Å². The van der Waals surface area contributed by atoms with Crippen LogP contribution in [0.3, 0.4) is 0 Å². The number of carbonyl (C=O) groups is 4. The summed E-state index contributed by atoms with van der Waals surface area (Å²) in [5, 5.41) is 2.61. The number of carbonyl (C=O) groups excluding carboxylic acids is 4. The number of likely N-dealkylation sites (tertiary alicyclic amines) is 1. The van der Waals surface area contributed by atoms with Gasteiger partial charge in [-0.15, -0.1) is 0 Å². The lowest BCUT2D eigenvalue weighted by Crippen LogP contribution is -2.38. The molecule has 1 heterocycles. The Morgan fingerprint density at radius 2 is 1.69 bits per heavy atom. The second-order valence-corrected chi connectivity index (χ2v) is 7.81. The summed E-state index contributed by atoms with van der Waals surface area (Å²) in [6.07, 6.45) is 2.90. The molecule has 0 spiro atoms. The number of esters is 1. The number of benzene rings is 1. The number of anilines is 1. The zero-order valence-corrected chi connectivity index (χ0v) is 16.3. The van der Waals surface area contributed by atoms with Crippen molar-refractivity contribution in [1.82, 2.24) is 4.90 Å². The Morgan fingerprint density at radius 1 is 1.07 bits per heavy atom. The molecule has 0 unspecified atom stereocenters. The first kappa shape index (κ1) is 19.4. The number of ether oxygens (including phenoxy) is 2. The fraction of sp³-hybridized carbons (Fsp3) is 0.524. The molecule has 4 atom stereocenters. The summed E-state index contributed by atoms with van der Waals surface area (Å²) < 4.78 is 10.3. The molecule has 1 aromatic carbocycles. The van der Waals surface area contributed by atoms with Gasteiger partial charge in [-0.2, -0.15) is 0 Å². The van der Waals surface area contributed by atoms with Gasteiger partial charge < -0.3 is 14.8 Å². The van der Waals surface area contributed by atoms with Crippen molar-refractivity contribution in [2.75, 3.05) is 25.1 Å². The topological polar surface area (TPSA) is 102 Å². The lowest BCUT2D eigenvalue weighted by molar-refractivity contribution is -0.154. The van der Waals surface area contributed by atoms with E-state index in [9.17, 15) is 19.2 Å². The van der Waals surface area contributed by atoms with Gasteiger partial charge >= 0.3 is 5.97 Å². The molecule has 4 rings (SSSR count). The van der Waals surface area contributed by atoms with Crippen LogP contribution in [0.25, 0.3) is 0 Å². The standard InChI is InChI=1S/C21H24N2O6/c1-2-28-15-7-5-14(6-8-15)22-16(24)11-29-17(25)10-23-20(26)18-12-3-4-13(9-12)19(18)21(23)27/h5-8,12-13,18-19H,2-4,9-11H2,1H3,(H,22,24)/t12-,13-,18-,19-/m0/s1. The third-order valence-corrected chi connectivity index (χ3v) is 6.12. The van der Waals surface area contributed by atoms with Crippen molar-refractivity contribution in [3.05, 3.63) is 24.3 Å². The third-order valence-electron chi connectivity index (χ3n) is 6.12. The highest BCUT2D eigenvalue weighted by Crippen LogP contribution is 2.56. The molecule has 1 aromatic rings. The van der Waals surface area contributed by atoms with Crippen molar-refractivity contribution < 1.29 is 28.7 Å². The molecule has 29 heavy (non-hydrogen) atoms. The van der Waals surface area contributed by atoms with Crippen molar-refractivity contribution in [3.8, 4) is 5.75 Å². The lowest BCUT2D eigenvalue weighted by Gasteiger charge is -2.19. The fourth-order valence-electron chi connectivity index (χ4n) is 4.95. The molecule has 2 aliphatic carbocycles. The first-order chi connectivity index (χ1) is 14.0. The van der Waals surface area contributed by atoms with E-state index in [2.05, 4.69) is 5.32 Å². The van der Waals surface area contributed by atoms with Gasteiger partial charge in [-0.25, -0.2) is 0 Å². The molecular formula is C21H24N2O6. The molecular weight excluding hydrogens is 376 g/mol. The van der Waals surface area contributed by atoms with Crippen molar-refractivity contribution in [1.29, 1.82) is 0 Å². The highest BCUT2D eigenvalue weighted by Gasteiger charge is 2.61. The van der Waals surface area contributed by atoms with Crippen molar-refractivity contribution >= 4 is 29.4 Å². The molecule has 0 aromatic heterocycles. The number of hydrogen-bond acceptors (Lipinski definition) is 6. The fourth-order valence-corrected chi connectivity index (χ4v) is 4.95. The zero-order valence-electron chi connectivity index (χ0n) is 16.3. The minimum absolute atomic E-state index is 0.261. The van der Waals surface area contributed by atoms with E-state index in [-0.39, 0.29) is 35.5 Å². The number of nitrogens with zero attached hydrogens (tertiary/aromatic N) is 1. The average molecular weight is 400 g/mol. The van der Waals surface area contributed by atoms with Crippen LogP contribution in [-0.2, 0) is 23.9 Å². The summed E-state index contributed by atoms with van der Waals surface area (Å²) in [6.45, 7) is 1.51. The normalized spacial score (nSPS) is 27.1. The molecule has 0 radical (unpaired) electrons. The molecule has 1 N–H and O–H groups in total. The average Bonchev–Trinajstić information content (AvgIpc) is 3.38. The van der Waals surface area contributed by atoms with Crippen molar-refractivity contribution in [2.24, 2.45) is 23.7 Å². The van der Waals surface area contributed by atoms with E-state index >= 15 is 0 Å². The van der Waals surface area contributed by atoms with E-state index in [1.807, 2.05) is 6.92 Å². The van der Waals surface area contributed by atoms with Gasteiger partial charge in [0.05, 0.1) is 18.4 Å². The predicted octanol–water partition coefficient (Wildman–Crippen LogP) is 1.60. The van der Waals surface area contributed by atoms with Gasteiger partial charge in [0.2, 0.25) is 11.8 Å². The lowest BCUT2D eigenvalue weighted by atomic mass is 9.81. The molecule has 154 valence electrons. The molecule has 2 bridgehead atoms. The van der Waals surface area contributed by atoms with Gasteiger partial charge in [0.25, 0.3) is 5.91 Å². The van der Waals surface area contributed by atoms with E-state index < -0.39 is 25.0 Å². The van der Waals surface area contributed by atoms with Gasteiger partial charge in [0.1, 0.15) is 12.3 Å². The van der Waals surface area contributed by atoms with E-state index in [1.165, 1.54) is 0 Å². The number of hydrogen-bond donors (Lipinski definition) is 1. The molecule has 2 saturated carbocycles. The van der Waals surface area contributed by atoms with Gasteiger partial charge in [-0.05, 0) is 62.3 Å². The molecule has 1 saturated heterocycles. The number of amides is 3. The van der Waals surface area contributed by atoms with Crippen LogP contribution in [0, 0.1) is 23.7 Å². The first-order valence-corrected chi connectivity index (χ1v) is 10.0. The van der Waals surface area contributed by atoms with Gasteiger partial charge in [0, 0.05) is 5.69 Å². The van der Waals surface area contributed by atoms with Gasteiger partial charge in [-0.1, -0.05) is 0 Å². The number of rotatable bonds is 7. The number of fused-ring (bicyclic) bond motifs is 5. The van der Waals surface area contributed by atoms with Crippen LogP contribution in [0.15, 0.2) is 24.3 Å². The summed E-state index contributed by atoms with van der Waals surface area (Å²) in [4.78, 5) is 50.3. The Balaban J connectivity index is 1.25. The number of nitrogens with one attached hydrogen (secondary N) is 1. The summed E-state index contributed by atoms with van der Waals surface area (Å²) in [6, 6.07) is 6.80. The van der Waals surface area contributed by atoms with Crippen LogP contribution < -0.4 is 10.1 Å². The van der Waals surface area contributed by atoms with Crippen LogP contribution in [0.2, 0.25) is 0 Å². The Labute approximate surface area is 168 Å². The molecule has 8 nitrogen and oxygen atoms in total. The largest absolute Gasteiger partial charge is 0.494 e.